The molecule has 0 aliphatic heterocycles. The van der Waals surface area contributed by atoms with Gasteiger partial charge in [0.2, 0.25) is 0 Å². The van der Waals surface area contributed by atoms with E-state index in [-0.39, 0.29) is 11.7 Å². The first-order valence-electron chi connectivity index (χ1n) is 6.43. The maximum atomic E-state index is 14.1. The lowest BCUT2D eigenvalue weighted by Crippen LogP contribution is -2.21. The van der Waals surface area contributed by atoms with Gasteiger partial charge < -0.3 is 10.6 Å². The SMILES string of the molecule is CC(N)Cc1cc(F)c(N(C)Cc2ccsc2)c(F)c1. The summed E-state index contributed by atoms with van der Waals surface area (Å²) in [6.07, 6.45) is 0.461. The molecule has 0 amide bonds. The zero-order chi connectivity index (χ0) is 14.7. The molecule has 2 rings (SSSR count). The molecule has 0 saturated heterocycles. The Labute approximate surface area is 121 Å². The van der Waals surface area contributed by atoms with E-state index in [2.05, 4.69) is 0 Å². The molecule has 2 nitrogen and oxygen atoms in total. The van der Waals surface area contributed by atoms with Crippen LogP contribution in [0.4, 0.5) is 14.5 Å². The zero-order valence-corrected chi connectivity index (χ0v) is 12.4. The lowest BCUT2D eigenvalue weighted by molar-refractivity contribution is 0.571. The van der Waals surface area contributed by atoms with Gasteiger partial charge in [0.15, 0.2) is 0 Å². The average molecular weight is 296 g/mol. The van der Waals surface area contributed by atoms with Crippen molar-refractivity contribution in [3.63, 3.8) is 0 Å². The van der Waals surface area contributed by atoms with Crippen molar-refractivity contribution in [1.82, 2.24) is 0 Å². The number of hydrogen-bond donors (Lipinski definition) is 1. The summed E-state index contributed by atoms with van der Waals surface area (Å²) >= 11 is 1.57. The molecule has 0 spiro atoms. The standard InChI is InChI=1S/C15H18F2N2S/c1-10(18)5-12-6-13(16)15(14(17)7-12)19(2)8-11-3-4-20-9-11/h3-4,6-7,9-10H,5,8,18H2,1-2H3. The number of anilines is 1. The van der Waals surface area contributed by atoms with Gasteiger partial charge in [0.05, 0.1) is 0 Å². The largest absolute Gasteiger partial charge is 0.365 e. The Hall–Kier alpha value is -1.46. The molecule has 108 valence electrons. The Morgan fingerprint density at radius 1 is 1.25 bits per heavy atom. The van der Waals surface area contributed by atoms with Crippen LogP contribution in [0.2, 0.25) is 0 Å². The third-order valence-corrected chi connectivity index (χ3v) is 3.75. The van der Waals surface area contributed by atoms with Crippen molar-refractivity contribution < 1.29 is 8.78 Å². The van der Waals surface area contributed by atoms with Crippen molar-refractivity contribution in [2.45, 2.75) is 25.9 Å². The highest BCUT2D eigenvalue weighted by atomic mass is 32.1. The molecule has 2 N–H and O–H groups in total. The van der Waals surface area contributed by atoms with Gasteiger partial charge in [0, 0.05) is 19.6 Å². The van der Waals surface area contributed by atoms with E-state index in [4.69, 9.17) is 5.73 Å². The Bertz CT molecular complexity index is 544. The topological polar surface area (TPSA) is 29.3 Å². The molecule has 1 aromatic heterocycles. The molecule has 2 aromatic rings. The third kappa shape index (κ3) is 3.55. The van der Waals surface area contributed by atoms with Gasteiger partial charge in [-0.25, -0.2) is 8.78 Å². The van der Waals surface area contributed by atoms with Crippen LogP contribution in [0.1, 0.15) is 18.1 Å². The number of benzene rings is 1. The molecular formula is C15H18F2N2S. The Balaban J connectivity index is 2.23. The van der Waals surface area contributed by atoms with Gasteiger partial charge in [-0.1, -0.05) is 0 Å². The van der Waals surface area contributed by atoms with E-state index in [0.29, 0.717) is 18.5 Å². The highest BCUT2D eigenvalue weighted by Crippen LogP contribution is 2.26. The minimum Gasteiger partial charge on any atom is -0.365 e. The fraction of sp³-hybridized carbons (Fsp3) is 0.333. The van der Waals surface area contributed by atoms with Crippen LogP contribution in [-0.4, -0.2) is 13.1 Å². The van der Waals surface area contributed by atoms with Gasteiger partial charge in [-0.3, -0.25) is 0 Å². The fourth-order valence-corrected chi connectivity index (χ4v) is 2.87. The van der Waals surface area contributed by atoms with Crippen molar-refractivity contribution in [1.29, 1.82) is 0 Å². The number of nitrogens with two attached hydrogens (primary N) is 1. The monoisotopic (exact) mass is 296 g/mol. The molecule has 20 heavy (non-hydrogen) atoms. The van der Waals surface area contributed by atoms with E-state index in [1.165, 1.54) is 12.1 Å². The molecule has 0 aliphatic rings. The summed E-state index contributed by atoms with van der Waals surface area (Å²) in [6, 6.07) is 4.56. The van der Waals surface area contributed by atoms with Crippen LogP contribution in [0.3, 0.4) is 0 Å². The van der Waals surface area contributed by atoms with Gasteiger partial charge >= 0.3 is 0 Å². The first-order chi connectivity index (χ1) is 9.47. The van der Waals surface area contributed by atoms with Crippen molar-refractivity contribution in [3.05, 3.63) is 51.7 Å². The summed E-state index contributed by atoms with van der Waals surface area (Å²) in [4.78, 5) is 1.59. The van der Waals surface area contributed by atoms with Gasteiger partial charge in [-0.05, 0) is 53.4 Å². The van der Waals surface area contributed by atoms with E-state index in [0.717, 1.165) is 5.56 Å². The van der Waals surface area contributed by atoms with Crippen molar-refractivity contribution >= 4 is 17.0 Å². The first-order valence-corrected chi connectivity index (χ1v) is 7.37. The second-order valence-electron chi connectivity index (χ2n) is 5.08. The summed E-state index contributed by atoms with van der Waals surface area (Å²) in [5.41, 5.74) is 7.29. The minimum absolute atomic E-state index is 0.00428. The number of nitrogens with zero attached hydrogens (tertiary/aromatic N) is 1. The van der Waals surface area contributed by atoms with Crippen LogP contribution in [0.15, 0.2) is 29.0 Å². The second kappa shape index (κ2) is 6.33. The summed E-state index contributed by atoms with van der Waals surface area (Å²) < 4.78 is 28.2. The molecule has 1 aromatic carbocycles. The predicted octanol–water partition coefficient (Wildman–Crippen LogP) is 3.55. The molecule has 1 atom stereocenters. The Morgan fingerprint density at radius 3 is 2.40 bits per heavy atom. The summed E-state index contributed by atoms with van der Waals surface area (Å²) in [5, 5.41) is 3.92. The molecule has 0 bridgehead atoms. The molecule has 0 radical (unpaired) electrons. The molecular weight excluding hydrogens is 278 g/mol. The van der Waals surface area contributed by atoms with Crippen LogP contribution >= 0.6 is 11.3 Å². The summed E-state index contributed by atoms with van der Waals surface area (Å²) in [7, 11) is 1.68. The van der Waals surface area contributed by atoms with Crippen LogP contribution in [0.5, 0.6) is 0 Å². The number of hydrogen-bond acceptors (Lipinski definition) is 3. The molecule has 1 unspecified atom stereocenters. The predicted molar refractivity (Wildman–Crippen MR) is 80.1 cm³/mol. The fourth-order valence-electron chi connectivity index (χ4n) is 2.21. The van der Waals surface area contributed by atoms with Crippen molar-refractivity contribution in [2.24, 2.45) is 5.73 Å². The highest BCUT2D eigenvalue weighted by molar-refractivity contribution is 7.07. The quantitative estimate of drug-likeness (QED) is 0.914. The smallest absolute Gasteiger partial charge is 0.149 e. The minimum atomic E-state index is -0.543. The Kier molecular flexibility index (Phi) is 4.73. The number of thiophene rings is 1. The van der Waals surface area contributed by atoms with Gasteiger partial charge in [-0.15, -0.1) is 0 Å². The van der Waals surface area contributed by atoms with E-state index in [1.807, 2.05) is 23.8 Å². The van der Waals surface area contributed by atoms with Crippen LogP contribution < -0.4 is 10.6 Å². The van der Waals surface area contributed by atoms with Gasteiger partial charge in [0.25, 0.3) is 0 Å². The maximum absolute atomic E-state index is 14.1. The number of rotatable bonds is 5. The van der Waals surface area contributed by atoms with Crippen molar-refractivity contribution in [2.75, 3.05) is 11.9 Å². The average Bonchev–Trinajstić information content (AvgIpc) is 2.79. The van der Waals surface area contributed by atoms with E-state index < -0.39 is 11.6 Å². The van der Waals surface area contributed by atoms with Crippen LogP contribution in [-0.2, 0) is 13.0 Å². The normalized spacial score (nSPS) is 12.4. The summed E-state index contributed by atoms with van der Waals surface area (Å²) in [5.74, 6) is -1.09. The highest BCUT2D eigenvalue weighted by Gasteiger charge is 2.16. The van der Waals surface area contributed by atoms with E-state index in [1.54, 1.807) is 23.3 Å². The van der Waals surface area contributed by atoms with E-state index >= 15 is 0 Å². The third-order valence-electron chi connectivity index (χ3n) is 3.02. The van der Waals surface area contributed by atoms with Gasteiger partial charge in [-0.2, -0.15) is 11.3 Å². The lowest BCUT2D eigenvalue weighted by atomic mass is 10.1. The van der Waals surface area contributed by atoms with Crippen LogP contribution in [0, 0.1) is 11.6 Å². The maximum Gasteiger partial charge on any atom is 0.149 e. The van der Waals surface area contributed by atoms with Crippen LogP contribution in [0.25, 0.3) is 0 Å². The van der Waals surface area contributed by atoms with Crippen molar-refractivity contribution in [3.8, 4) is 0 Å². The number of halogens is 2. The zero-order valence-electron chi connectivity index (χ0n) is 11.6. The second-order valence-corrected chi connectivity index (χ2v) is 5.86. The lowest BCUT2D eigenvalue weighted by Gasteiger charge is -2.21. The Morgan fingerprint density at radius 2 is 1.90 bits per heavy atom. The first kappa shape index (κ1) is 14.9. The van der Waals surface area contributed by atoms with Gasteiger partial charge in [0.1, 0.15) is 17.3 Å². The van der Waals surface area contributed by atoms with E-state index in [9.17, 15) is 8.78 Å². The molecule has 0 aliphatic carbocycles. The molecule has 0 fully saturated rings. The molecule has 1 heterocycles. The summed E-state index contributed by atoms with van der Waals surface area (Å²) in [6.45, 7) is 2.29. The molecule has 5 heteroatoms. The molecule has 0 saturated carbocycles.